The molecule has 0 atom stereocenters. The van der Waals surface area contributed by atoms with Crippen LogP contribution in [0.5, 0.6) is 0 Å². The Hall–Kier alpha value is -1.16. The first-order chi connectivity index (χ1) is 8.83. The van der Waals surface area contributed by atoms with E-state index in [1.54, 1.807) is 0 Å². The fourth-order valence-electron chi connectivity index (χ4n) is 5.05. The topological polar surface area (TPSA) is 63.8 Å². The number of rotatable bonds is 2. The molecule has 0 saturated heterocycles. The molecule has 4 aliphatic carbocycles. The molecule has 0 aliphatic heterocycles. The maximum absolute atomic E-state index is 5.32. The normalized spacial score (nSPS) is 41.1. The summed E-state index contributed by atoms with van der Waals surface area (Å²) in [6.07, 6.45) is 11.2. The zero-order valence-corrected chi connectivity index (χ0v) is 10.5. The molecule has 4 saturated carbocycles. The van der Waals surface area contributed by atoms with Gasteiger partial charge in [-0.1, -0.05) is 0 Å². The third-order valence-electron chi connectivity index (χ3n) is 5.41. The van der Waals surface area contributed by atoms with E-state index in [-0.39, 0.29) is 0 Å². The van der Waals surface area contributed by atoms with Gasteiger partial charge in [-0.25, -0.2) is 15.8 Å². The second kappa shape index (κ2) is 3.92. The van der Waals surface area contributed by atoms with Crippen molar-refractivity contribution in [2.24, 2.45) is 29.5 Å². The van der Waals surface area contributed by atoms with Crippen molar-refractivity contribution >= 4 is 5.95 Å². The first-order valence-electron chi connectivity index (χ1n) is 7.12. The van der Waals surface area contributed by atoms with E-state index in [2.05, 4.69) is 15.4 Å². The summed E-state index contributed by atoms with van der Waals surface area (Å²) in [5, 5.41) is 0. The minimum Gasteiger partial charge on any atom is -0.292 e. The van der Waals surface area contributed by atoms with Crippen LogP contribution in [-0.4, -0.2) is 9.97 Å². The van der Waals surface area contributed by atoms with Crippen LogP contribution < -0.4 is 11.3 Å². The zero-order valence-electron chi connectivity index (χ0n) is 10.5. The summed E-state index contributed by atoms with van der Waals surface area (Å²) in [5.41, 5.74) is 3.84. The molecule has 4 nitrogen and oxygen atoms in total. The second-order valence-electron chi connectivity index (χ2n) is 6.44. The molecule has 0 radical (unpaired) electrons. The Balaban J connectivity index is 1.63. The van der Waals surface area contributed by atoms with E-state index in [9.17, 15) is 0 Å². The van der Waals surface area contributed by atoms with Crippen molar-refractivity contribution < 1.29 is 0 Å². The van der Waals surface area contributed by atoms with E-state index in [0.29, 0.717) is 11.9 Å². The highest BCUT2D eigenvalue weighted by atomic mass is 15.3. The van der Waals surface area contributed by atoms with E-state index in [4.69, 9.17) is 5.84 Å². The smallest absolute Gasteiger partial charge is 0.237 e. The van der Waals surface area contributed by atoms with E-state index in [1.807, 2.05) is 12.4 Å². The van der Waals surface area contributed by atoms with Crippen LogP contribution >= 0.6 is 0 Å². The number of nitrogens with two attached hydrogens (primary N) is 1. The Kier molecular flexibility index (Phi) is 2.34. The van der Waals surface area contributed by atoms with Crippen LogP contribution in [0.1, 0.15) is 43.6 Å². The number of nitrogens with zero attached hydrogens (tertiary/aromatic N) is 2. The first kappa shape index (κ1) is 10.7. The van der Waals surface area contributed by atoms with Gasteiger partial charge in [0, 0.05) is 12.4 Å². The number of hydrazine groups is 1. The molecule has 18 heavy (non-hydrogen) atoms. The van der Waals surface area contributed by atoms with Crippen molar-refractivity contribution in [2.45, 2.75) is 38.0 Å². The number of hydrogen-bond acceptors (Lipinski definition) is 4. The van der Waals surface area contributed by atoms with Crippen molar-refractivity contribution in [3.63, 3.8) is 0 Å². The molecule has 0 unspecified atom stereocenters. The number of nitrogen functional groups attached to an aromatic ring is 1. The maximum atomic E-state index is 5.32. The number of anilines is 1. The lowest BCUT2D eigenvalue weighted by molar-refractivity contribution is -0.00298. The average Bonchev–Trinajstić information content (AvgIpc) is 2.38. The zero-order chi connectivity index (χ0) is 12.1. The molecule has 0 amide bonds. The van der Waals surface area contributed by atoms with Gasteiger partial charge in [0.2, 0.25) is 5.95 Å². The molecule has 4 aliphatic rings. The Morgan fingerprint density at radius 1 is 0.944 bits per heavy atom. The van der Waals surface area contributed by atoms with Crippen LogP contribution in [0, 0.1) is 23.7 Å². The lowest BCUT2D eigenvalue weighted by Gasteiger charge is -2.54. The van der Waals surface area contributed by atoms with E-state index >= 15 is 0 Å². The van der Waals surface area contributed by atoms with Gasteiger partial charge in [-0.05, 0) is 67.3 Å². The number of nitrogens with one attached hydrogen (secondary N) is 1. The molecule has 3 N–H and O–H groups in total. The Morgan fingerprint density at radius 2 is 1.50 bits per heavy atom. The molecule has 5 rings (SSSR count). The van der Waals surface area contributed by atoms with Crippen LogP contribution in [0.25, 0.3) is 0 Å². The van der Waals surface area contributed by atoms with Crippen molar-refractivity contribution in [3.8, 4) is 0 Å². The monoisotopic (exact) mass is 244 g/mol. The summed E-state index contributed by atoms with van der Waals surface area (Å²) in [6, 6.07) is 0. The molecular formula is C14H20N4. The van der Waals surface area contributed by atoms with Gasteiger partial charge >= 0.3 is 0 Å². The molecule has 1 heterocycles. The lowest BCUT2D eigenvalue weighted by Crippen LogP contribution is -2.43. The molecule has 4 bridgehead atoms. The van der Waals surface area contributed by atoms with Gasteiger partial charge in [0.1, 0.15) is 0 Å². The number of aromatic nitrogens is 2. The van der Waals surface area contributed by atoms with Gasteiger partial charge in [0.25, 0.3) is 0 Å². The third kappa shape index (κ3) is 1.55. The second-order valence-corrected chi connectivity index (χ2v) is 6.44. The van der Waals surface area contributed by atoms with Crippen molar-refractivity contribution in [1.82, 2.24) is 9.97 Å². The van der Waals surface area contributed by atoms with E-state index < -0.39 is 0 Å². The molecule has 4 fully saturated rings. The molecular weight excluding hydrogens is 224 g/mol. The third-order valence-corrected chi connectivity index (χ3v) is 5.41. The van der Waals surface area contributed by atoms with Crippen LogP contribution in [-0.2, 0) is 0 Å². The van der Waals surface area contributed by atoms with Crippen LogP contribution in [0.15, 0.2) is 12.4 Å². The SMILES string of the molecule is NNc1ncc(C2C3CC4CC(C3)CC2C4)cn1. The van der Waals surface area contributed by atoms with Gasteiger partial charge in [-0.2, -0.15) is 0 Å². The van der Waals surface area contributed by atoms with E-state index in [1.165, 1.54) is 37.7 Å². The van der Waals surface area contributed by atoms with Crippen LogP contribution in [0.2, 0.25) is 0 Å². The first-order valence-corrected chi connectivity index (χ1v) is 7.12. The Bertz CT molecular complexity index is 414. The largest absolute Gasteiger partial charge is 0.292 e. The van der Waals surface area contributed by atoms with Gasteiger partial charge < -0.3 is 0 Å². The summed E-state index contributed by atoms with van der Waals surface area (Å²) in [7, 11) is 0. The van der Waals surface area contributed by atoms with Crippen molar-refractivity contribution in [2.75, 3.05) is 5.43 Å². The number of hydrogen-bond donors (Lipinski definition) is 2. The fraction of sp³-hybridized carbons (Fsp3) is 0.714. The van der Waals surface area contributed by atoms with Gasteiger partial charge in [-0.3, -0.25) is 5.43 Å². The minimum atomic E-state index is 0.516. The Morgan fingerprint density at radius 3 is 2.00 bits per heavy atom. The predicted molar refractivity (Wildman–Crippen MR) is 69.6 cm³/mol. The molecule has 4 heteroatoms. The summed E-state index contributed by atoms with van der Waals surface area (Å²) >= 11 is 0. The highest BCUT2D eigenvalue weighted by Crippen LogP contribution is 2.59. The van der Waals surface area contributed by atoms with Gasteiger partial charge in [0.05, 0.1) is 0 Å². The summed E-state index contributed by atoms with van der Waals surface area (Å²) in [4.78, 5) is 8.57. The van der Waals surface area contributed by atoms with Crippen LogP contribution in [0.3, 0.4) is 0 Å². The van der Waals surface area contributed by atoms with Gasteiger partial charge in [-0.15, -0.1) is 0 Å². The molecule has 1 aromatic heterocycles. The van der Waals surface area contributed by atoms with E-state index in [0.717, 1.165) is 23.7 Å². The molecule has 96 valence electrons. The highest BCUT2D eigenvalue weighted by molar-refractivity contribution is 5.26. The summed E-state index contributed by atoms with van der Waals surface area (Å²) in [6.45, 7) is 0. The predicted octanol–water partition coefficient (Wildman–Crippen LogP) is 2.30. The standard InChI is InChI=1S/C14H20N4/c15-18-14-16-6-12(7-17-14)13-10-2-8-1-9(4-10)5-11(13)3-8/h6-11,13H,1-5,15H2,(H,16,17,18). The van der Waals surface area contributed by atoms with Crippen molar-refractivity contribution in [3.05, 3.63) is 18.0 Å². The molecule has 1 aromatic rings. The fourth-order valence-corrected chi connectivity index (χ4v) is 5.05. The lowest BCUT2D eigenvalue weighted by atomic mass is 9.51. The summed E-state index contributed by atoms with van der Waals surface area (Å²) in [5.74, 6) is 10.4. The maximum Gasteiger partial charge on any atom is 0.237 e. The molecule has 0 spiro atoms. The van der Waals surface area contributed by atoms with Crippen molar-refractivity contribution in [1.29, 1.82) is 0 Å². The average molecular weight is 244 g/mol. The molecule has 0 aromatic carbocycles. The highest BCUT2D eigenvalue weighted by Gasteiger charge is 2.48. The summed E-state index contributed by atoms with van der Waals surface area (Å²) < 4.78 is 0. The Labute approximate surface area is 107 Å². The minimum absolute atomic E-state index is 0.516. The van der Waals surface area contributed by atoms with Gasteiger partial charge in [0.15, 0.2) is 0 Å². The quantitative estimate of drug-likeness (QED) is 0.619. The van der Waals surface area contributed by atoms with Crippen LogP contribution in [0.4, 0.5) is 5.95 Å².